The lowest BCUT2D eigenvalue weighted by Crippen LogP contribution is -2.47. The van der Waals surface area contributed by atoms with Gasteiger partial charge in [-0.2, -0.15) is 0 Å². The van der Waals surface area contributed by atoms with E-state index in [2.05, 4.69) is 31.3 Å². The van der Waals surface area contributed by atoms with Gasteiger partial charge < -0.3 is 10.1 Å². The first kappa shape index (κ1) is 12.7. The van der Waals surface area contributed by atoms with Gasteiger partial charge in [0.2, 0.25) is 0 Å². The molecule has 0 bridgehead atoms. The second-order valence-electron chi connectivity index (χ2n) is 5.26. The molecule has 2 nitrogen and oxygen atoms in total. The van der Waals surface area contributed by atoms with Crippen molar-refractivity contribution in [1.29, 1.82) is 0 Å². The van der Waals surface area contributed by atoms with E-state index in [4.69, 9.17) is 16.3 Å². The molecule has 1 heterocycles. The Morgan fingerprint density at radius 3 is 2.88 bits per heavy atom. The number of ether oxygens (including phenoxy) is 1. The molecule has 94 valence electrons. The van der Waals surface area contributed by atoms with Crippen molar-refractivity contribution in [3.63, 3.8) is 0 Å². The molecule has 0 aromatic heterocycles. The van der Waals surface area contributed by atoms with E-state index < -0.39 is 0 Å². The minimum absolute atomic E-state index is 0.0565. The fourth-order valence-electron chi connectivity index (χ4n) is 1.93. The molecule has 1 N–H and O–H groups in total. The largest absolute Gasteiger partial charge is 0.493 e. The molecule has 2 rings (SSSR count). The molecule has 0 aliphatic carbocycles. The molecule has 0 spiro atoms. The van der Waals surface area contributed by atoms with Gasteiger partial charge in [0.1, 0.15) is 5.75 Å². The van der Waals surface area contributed by atoms with Gasteiger partial charge in [-0.25, -0.2) is 0 Å². The summed E-state index contributed by atoms with van der Waals surface area (Å²) in [7, 11) is 0. The summed E-state index contributed by atoms with van der Waals surface area (Å²) in [6.07, 6.45) is 0. The van der Waals surface area contributed by atoms with Crippen molar-refractivity contribution in [2.24, 2.45) is 0 Å². The maximum atomic E-state index is 6.16. The lowest BCUT2D eigenvalue weighted by atomic mass is 9.97. The fraction of sp³-hybridized carbons (Fsp3) is 0.571. The lowest BCUT2D eigenvalue weighted by Gasteiger charge is -2.30. The molecule has 1 aromatic carbocycles. The minimum atomic E-state index is -0.0565. The van der Waals surface area contributed by atoms with Crippen molar-refractivity contribution < 1.29 is 4.74 Å². The molecular weight excluding hydrogens is 234 g/mol. The summed E-state index contributed by atoms with van der Waals surface area (Å²) in [5.41, 5.74) is 1.25. The molecule has 0 radical (unpaired) electrons. The van der Waals surface area contributed by atoms with Gasteiger partial charge in [-0.15, -0.1) is 11.6 Å². The van der Waals surface area contributed by atoms with E-state index in [1.54, 1.807) is 0 Å². The van der Waals surface area contributed by atoms with Gasteiger partial charge >= 0.3 is 0 Å². The van der Waals surface area contributed by atoms with Crippen molar-refractivity contribution in [3.8, 4) is 5.75 Å². The van der Waals surface area contributed by atoms with Gasteiger partial charge in [0.25, 0.3) is 0 Å². The molecule has 2 unspecified atom stereocenters. The second-order valence-corrected chi connectivity index (χ2v) is 5.92. The number of halogens is 1. The van der Waals surface area contributed by atoms with E-state index >= 15 is 0 Å². The second kappa shape index (κ2) is 4.87. The van der Waals surface area contributed by atoms with Gasteiger partial charge in [0, 0.05) is 28.9 Å². The molecule has 17 heavy (non-hydrogen) atoms. The standard InChI is InChI=1S/C14H20ClNO/c1-10(15)14(2,3)16-8-11-9-17-13-7-5-4-6-12(11)13/h4-7,10-11,16H,8-9H2,1-3H3. The van der Waals surface area contributed by atoms with Crippen molar-refractivity contribution in [2.75, 3.05) is 13.2 Å². The van der Waals surface area contributed by atoms with Crippen LogP contribution >= 0.6 is 11.6 Å². The highest BCUT2D eigenvalue weighted by molar-refractivity contribution is 6.21. The Morgan fingerprint density at radius 2 is 2.18 bits per heavy atom. The van der Waals surface area contributed by atoms with Crippen LogP contribution in [0.5, 0.6) is 5.75 Å². The molecular formula is C14H20ClNO. The first-order valence-electron chi connectivity index (χ1n) is 6.11. The smallest absolute Gasteiger partial charge is 0.122 e. The summed E-state index contributed by atoms with van der Waals surface area (Å²) in [5, 5.41) is 3.63. The lowest BCUT2D eigenvalue weighted by molar-refractivity contribution is 0.305. The highest BCUT2D eigenvalue weighted by atomic mass is 35.5. The summed E-state index contributed by atoms with van der Waals surface area (Å²) in [5.74, 6) is 1.46. The first-order chi connectivity index (χ1) is 8.00. The molecule has 3 heteroatoms. The Morgan fingerprint density at radius 1 is 1.47 bits per heavy atom. The Balaban J connectivity index is 1.99. The topological polar surface area (TPSA) is 21.3 Å². The molecule has 1 aromatic rings. The van der Waals surface area contributed by atoms with Crippen LogP contribution < -0.4 is 10.1 Å². The number of rotatable bonds is 4. The third-order valence-electron chi connectivity index (χ3n) is 3.60. The number of hydrogen-bond acceptors (Lipinski definition) is 2. The number of benzene rings is 1. The van der Waals surface area contributed by atoms with Gasteiger partial charge in [-0.05, 0) is 26.8 Å². The highest BCUT2D eigenvalue weighted by Crippen LogP contribution is 2.33. The summed E-state index contributed by atoms with van der Waals surface area (Å²) < 4.78 is 5.66. The van der Waals surface area contributed by atoms with E-state index in [0.29, 0.717) is 5.92 Å². The van der Waals surface area contributed by atoms with E-state index in [1.807, 2.05) is 19.1 Å². The molecule has 1 aliphatic heterocycles. The summed E-state index contributed by atoms with van der Waals surface area (Å²) in [6.45, 7) is 7.95. The molecule has 0 fully saturated rings. The Labute approximate surface area is 108 Å². The average molecular weight is 254 g/mol. The predicted octanol–water partition coefficient (Wildman–Crippen LogP) is 3.16. The Kier molecular flexibility index (Phi) is 3.64. The van der Waals surface area contributed by atoms with Crippen molar-refractivity contribution in [2.45, 2.75) is 37.6 Å². The zero-order chi connectivity index (χ0) is 12.5. The Hall–Kier alpha value is -0.730. The van der Waals surface area contributed by atoms with Crippen LogP contribution in [0.2, 0.25) is 0 Å². The monoisotopic (exact) mass is 253 g/mol. The van der Waals surface area contributed by atoms with E-state index in [1.165, 1.54) is 5.56 Å². The number of para-hydroxylation sites is 1. The molecule has 1 aliphatic rings. The SMILES string of the molecule is CC(Cl)C(C)(C)NCC1COc2ccccc21. The summed E-state index contributed by atoms with van der Waals surface area (Å²) in [6, 6.07) is 8.26. The maximum absolute atomic E-state index is 6.16. The van der Waals surface area contributed by atoms with Crippen molar-refractivity contribution >= 4 is 11.6 Å². The quantitative estimate of drug-likeness (QED) is 0.833. The van der Waals surface area contributed by atoms with Gasteiger partial charge in [0.05, 0.1) is 6.61 Å². The van der Waals surface area contributed by atoms with Crippen LogP contribution in [0, 0.1) is 0 Å². The van der Waals surface area contributed by atoms with Gasteiger partial charge in [0.15, 0.2) is 0 Å². The number of nitrogens with one attached hydrogen (secondary N) is 1. The average Bonchev–Trinajstić information content (AvgIpc) is 2.69. The highest BCUT2D eigenvalue weighted by Gasteiger charge is 2.28. The Bertz CT molecular complexity index is 390. The number of fused-ring (bicyclic) bond motifs is 1. The number of alkyl halides is 1. The van der Waals surface area contributed by atoms with Crippen LogP contribution in [0.15, 0.2) is 24.3 Å². The summed E-state index contributed by atoms with van der Waals surface area (Å²) in [4.78, 5) is 0. The minimum Gasteiger partial charge on any atom is -0.493 e. The third kappa shape index (κ3) is 2.75. The van der Waals surface area contributed by atoms with Gasteiger partial charge in [-0.3, -0.25) is 0 Å². The van der Waals surface area contributed by atoms with Crippen LogP contribution in [0.4, 0.5) is 0 Å². The van der Waals surface area contributed by atoms with Crippen molar-refractivity contribution in [1.82, 2.24) is 5.32 Å². The molecule has 0 amide bonds. The number of hydrogen-bond donors (Lipinski definition) is 1. The van der Waals surface area contributed by atoms with Crippen LogP contribution in [-0.4, -0.2) is 24.1 Å². The van der Waals surface area contributed by atoms with Crippen LogP contribution in [0.25, 0.3) is 0 Å². The zero-order valence-electron chi connectivity index (χ0n) is 10.7. The van der Waals surface area contributed by atoms with Crippen LogP contribution in [0.1, 0.15) is 32.3 Å². The molecule has 0 saturated carbocycles. The molecule has 2 atom stereocenters. The van der Waals surface area contributed by atoms with E-state index in [0.717, 1.165) is 18.9 Å². The molecule has 0 saturated heterocycles. The van der Waals surface area contributed by atoms with E-state index in [-0.39, 0.29) is 10.9 Å². The van der Waals surface area contributed by atoms with Crippen molar-refractivity contribution in [3.05, 3.63) is 29.8 Å². The van der Waals surface area contributed by atoms with Crippen LogP contribution in [0.3, 0.4) is 0 Å². The van der Waals surface area contributed by atoms with Crippen LogP contribution in [-0.2, 0) is 0 Å². The third-order valence-corrected chi connectivity index (χ3v) is 4.14. The van der Waals surface area contributed by atoms with E-state index in [9.17, 15) is 0 Å². The van der Waals surface area contributed by atoms with Gasteiger partial charge in [-0.1, -0.05) is 18.2 Å². The normalized spacial score (nSPS) is 20.8. The fourth-order valence-corrected chi connectivity index (χ4v) is 2.00. The zero-order valence-corrected chi connectivity index (χ0v) is 11.4. The summed E-state index contributed by atoms with van der Waals surface area (Å²) >= 11 is 6.16. The predicted molar refractivity (Wildman–Crippen MR) is 72.1 cm³/mol. The maximum Gasteiger partial charge on any atom is 0.122 e. The first-order valence-corrected chi connectivity index (χ1v) is 6.55.